The van der Waals surface area contributed by atoms with Crippen molar-refractivity contribution in [3.63, 3.8) is 0 Å². The highest BCUT2D eigenvalue weighted by atomic mass is 15.2. The van der Waals surface area contributed by atoms with Crippen molar-refractivity contribution in [3.8, 4) is 0 Å². The van der Waals surface area contributed by atoms with Crippen LogP contribution in [0.2, 0.25) is 0 Å². The Bertz CT molecular complexity index is 112. The van der Waals surface area contributed by atoms with Gasteiger partial charge in [-0.1, -0.05) is 41.5 Å². The van der Waals surface area contributed by atoms with Gasteiger partial charge >= 0.3 is 0 Å². The molecule has 1 aliphatic rings. The van der Waals surface area contributed by atoms with Crippen molar-refractivity contribution in [2.45, 2.75) is 73.8 Å². The zero-order valence-corrected chi connectivity index (χ0v) is 12.1. The van der Waals surface area contributed by atoms with Crippen LogP contribution in [0.3, 0.4) is 0 Å². The van der Waals surface area contributed by atoms with Gasteiger partial charge in [0.25, 0.3) is 0 Å². The predicted octanol–water partition coefficient (Wildman–Crippen LogP) is 4.57. The molecule has 0 bridgehead atoms. The number of piperidine rings is 1. The van der Waals surface area contributed by atoms with E-state index >= 15 is 0 Å². The van der Waals surface area contributed by atoms with Crippen LogP contribution in [0.1, 0.15) is 67.7 Å². The van der Waals surface area contributed by atoms with Crippen molar-refractivity contribution in [2.24, 2.45) is 5.92 Å². The Hall–Kier alpha value is -0.0400. The summed E-state index contributed by atoms with van der Waals surface area (Å²) in [6.45, 7) is 17.6. The minimum atomic E-state index is 0.839. The molecule has 1 aliphatic heterocycles. The van der Waals surface area contributed by atoms with E-state index in [1.807, 2.05) is 27.7 Å². The molecular formula is C14H33N. The van der Waals surface area contributed by atoms with Crippen molar-refractivity contribution >= 4 is 0 Å². The molecule has 0 aromatic carbocycles. The van der Waals surface area contributed by atoms with E-state index in [0.717, 1.165) is 12.0 Å². The molecule has 0 N–H and O–H groups in total. The summed E-state index contributed by atoms with van der Waals surface area (Å²) in [5, 5.41) is 0. The molecule has 1 rings (SSSR count). The van der Waals surface area contributed by atoms with Crippen molar-refractivity contribution in [1.29, 1.82) is 0 Å². The molecule has 0 aliphatic carbocycles. The lowest BCUT2D eigenvalue weighted by atomic mass is 9.95. The van der Waals surface area contributed by atoms with E-state index in [9.17, 15) is 0 Å². The fourth-order valence-corrected chi connectivity index (χ4v) is 1.98. The quantitative estimate of drug-likeness (QED) is 0.652. The number of nitrogens with zero attached hydrogens (tertiary/aromatic N) is 1. The molecule has 0 radical (unpaired) electrons. The first-order valence-corrected chi connectivity index (χ1v) is 6.98. The smallest absolute Gasteiger partial charge is 0.00671 e. The number of hydrogen-bond donors (Lipinski definition) is 0. The summed E-state index contributed by atoms with van der Waals surface area (Å²) in [4.78, 5) is 2.63. The van der Waals surface area contributed by atoms with Gasteiger partial charge in [0.15, 0.2) is 0 Å². The summed E-state index contributed by atoms with van der Waals surface area (Å²) in [6.07, 6.45) is 4.14. The normalized spacial score (nSPS) is 25.8. The third-order valence-electron chi connectivity index (χ3n) is 2.76. The summed E-state index contributed by atoms with van der Waals surface area (Å²) < 4.78 is 0. The Morgan fingerprint density at radius 2 is 1.53 bits per heavy atom. The molecule has 94 valence electrons. The molecular weight excluding hydrogens is 182 g/mol. The molecule has 1 fully saturated rings. The second kappa shape index (κ2) is 12.0. The molecule has 1 nitrogen and oxygen atoms in total. The first-order valence-electron chi connectivity index (χ1n) is 6.98. The summed E-state index contributed by atoms with van der Waals surface area (Å²) in [5.74, 6) is 0.928. The molecule has 0 amide bonds. The van der Waals surface area contributed by atoms with Crippen LogP contribution in [0.5, 0.6) is 0 Å². The number of likely N-dealkylation sites (tertiary alicyclic amines) is 1. The standard InChI is InChI=1S/C10H21N.2C2H6/c1-4-7-11-8-9(2)5-6-10(11)3;2*1-2/h9-10H,4-8H2,1-3H3;2*1-2H3. The first-order chi connectivity index (χ1) is 7.24. The van der Waals surface area contributed by atoms with E-state index in [4.69, 9.17) is 0 Å². The summed E-state index contributed by atoms with van der Waals surface area (Å²) >= 11 is 0. The Balaban J connectivity index is 0. The maximum absolute atomic E-state index is 2.63. The van der Waals surface area contributed by atoms with Crippen molar-refractivity contribution in [2.75, 3.05) is 13.1 Å². The molecule has 1 heterocycles. The van der Waals surface area contributed by atoms with Gasteiger partial charge in [-0.25, -0.2) is 0 Å². The van der Waals surface area contributed by atoms with E-state index in [2.05, 4.69) is 25.7 Å². The summed E-state index contributed by atoms with van der Waals surface area (Å²) in [5.41, 5.74) is 0. The molecule has 0 aromatic heterocycles. The van der Waals surface area contributed by atoms with Gasteiger partial charge in [0.1, 0.15) is 0 Å². The maximum Gasteiger partial charge on any atom is 0.00671 e. The van der Waals surface area contributed by atoms with Gasteiger partial charge in [-0.2, -0.15) is 0 Å². The van der Waals surface area contributed by atoms with E-state index in [-0.39, 0.29) is 0 Å². The van der Waals surface area contributed by atoms with Crippen LogP contribution in [-0.2, 0) is 0 Å². The highest BCUT2D eigenvalue weighted by molar-refractivity contribution is 4.76. The maximum atomic E-state index is 2.63. The third-order valence-corrected chi connectivity index (χ3v) is 2.76. The number of hydrogen-bond acceptors (Lipinski definition) is 1. The molecule has 2 unspecified atom stereocenters. The van der Waals surface area contributed by atoms with Gasteiger partial charge in [0.05, 0.1) is 0 Å². The van der Waals surface area contributed by atoms with Crippen LogP contribution < -0.4 is 0 Å². The molecule has 2 atom stereocenters. The lowest BCUT2D eigenvalue weighted by molar-refractivity contribution is 0.125. The summed E-state index contributed by atoms with van der Waals surface area (Å²) in [7, 11) is 0. The van der Waals surface area contributed by atoms with E-state index < -0.39 is 0 Å². The highest BCUT2D eigenvalue weighted by Gasteiger charge is 2.21. The Morgan fingerprint density at radius 1 is 1.00 bits per heavy atom. The van der Waals surface area contributed by atoms with Gasteiger partial charge in [0.2, 0.25) is 0 Å². The predicted molar refractivity (Wildman–Crippen MR) is 72.4 cm³/mol. The van der Waals surface area contributed by atoms with Gasteiger partial charge in [-0.15, -0.1) is 0 Å². The minimum absolute atomic E-state index is 0.839. The average Bonchev–Trinajstić information content (AvgIpc) is 2.29. The average molecular weight is 215 g/mol. The fraction of sp³-hybridized carbons (Fsp3) is 1.00. The Morgan fingerprint density at radius 3 is 2.00 bits per heavy atom. The SMILES string of the molecule is CC.CC.CCCN1CC(C)CCC1C. The van der Waals surface area contributed by atoms with Gasteiger partial charge < -0.3 is 4.90 Å². The van der Waals surface area contributed by atoms with E-state index in [0.29, 0.717) is 0 Å². The topological polar surface area (TPSA) is 3.24 Å². The van der Waals surface area contributed by atoms with Crippen LogP contribution in [0.4, 0.5) is 0 Å². The van der Waals surface area contributed by atoms with Crippen LogP contribution in [0.15, 0.2) is 0 Å². The second-order valence-corrected chi connectivity index (χ2v) is 4.03. The third kappa shape index (κ3) is 7.84. The van der Waals surface area contributed by atoms with Gasteiger partial charge in [-0.05, 0) is 38.6 Å². The number of rotatable bonds is 2. The Kier molecular flexibility index (Phi) is 13.9. The van der Waals surface area contributed by atoms with Crippen LogP contribution >= 0.6 is 0 Å². The Labute approximate surface area is 98.2 Å². The molecule has 0 aromatic rings. The first kappa shape index (κ1) is 17.4. The second-order valence-electron chi connectivity index (χ2n) is 4.03. The van der Waals surface area contributed by atoms with E-state index in [1.165, 1.54) is 32.4 Å². The van der Waals surface area contributed by atoms with E-state index in [1.54, 1.807) is 0 Å². The van der Waals surface area contributed by atoms with Crippen LogP contribution in [-0.4, -0.2) is 24.0 Å². The highest BCUT2D eigenvalue weighted by Crippen LogP contribution is 2.20. The molecule has 15 heavy (non-hydrogen) atoms. The molecule has 1 heteroatoms. The summed E-state index contributed by atoms with van der Waals surface area (Å²) in [6, 6.07) is 0.839. The molecule has 0 saturated carbocycles. The zero-order chi connectivity index (χ0) is 12.3. The van der Waals surface area contributed by atoms with Gasteiger partial charge in [-0.3, -0.25) is 0 Å². The van der Waals surface area contributed by atoms with Crippen molar-refractivity contribution in [1.82, 2.24) is 4.90 Å². The largest absolute Gasteiger partial charge is 0.300 e. The van der Waals surface area contributed by atoms with Crippen molar-refractivity contribution < 1.29 is 0 Å². The fourth-order valence-electron chi connectivity index (χ4n) is 1.98. The van der Waals surface area contributed by atoms with Crippen molar-refractivity contribution in [3.05, 3.63) is 0 Å². The lowest BCUT2D eigenvalue weighted by Crippen LogP contribution is -2.41. The monoisotopic (exact) mass is 215 g/mol. The van der Waals surface area contributed by atoms with Crippen LogP contribution in [0, 0.1) is 5.92 Å². The molecule has 0 spiro atoms. The molecule has 1 saturated heterocycles. The van der Waals surface area contributed by atoms with Crippen LogP contribution in [0.25, 0.3) is 0 Å². The minimum Gasteiger partial charge on any atom is -0.300 e. The lowest BCUT2D eigenvalue weighted by Gasteiger charge is -2.36. The van der Waals surface area contributed by atoms with Gasteiger partial charge in [0, 0.05) is 12.6 Å². The zero-order valence-electron chi connectivity index (χ0n) is 12.1.